The molecule has 0 N–H and O–H groups in total. The first-order valence-electron chi connectivity index (χ1n) is 8.79. The molecule has 0 saturated heterocycles. The number of hydrogen-bond donors (Lipinski definition) is 0. The van der Waals surface area contributed by atoms with Crippen LogP contribution in [0.4, 0.5) is 8.78 Å². The van der Waals surface area contributed by atoms with Crippen molar-refractivity contribution in [1.82, 2.24) is 0 Å². The van der Waals surface area contributed by atoms with Crippen LogP contribution in [0.3, 0.4) is 0 Å². The Morgan fingerprint density at radius 1 is 1.03 bits per heavy atom. The van der Waals surface area contributed by atoms with Gasteiger partial charge in [-0.2, -0.15) is 4.39 Å². The van der Waals surface area contributed by atoms with Crippen LogP contribution < -0.4 is 4.74 Å². The molecule has 1 saturated carbocycles. The van der Waals surface area contributed by atoms with Crippen LogP contribution in [0, 0.1) is 31.6 Å². The molecule has 2 radical (unpaired) electrons. The Hall–Kier alpha value is -0.0417. The van der Waals surface area contributed by atoms with Gasteiger partial charge in [-0.05, 0) is 60.8 Å². The Bertz CT molecular complexity index is 739. The molecule has 1 atom stereocenters. The summed E-state index contributed by atoms with van der Waals surface area (Å²) in [6.45, 7) is 7.05. The van der Waals surface area contributed by atoms with E-state index in [1.807, 2.05) is 24.3 Å². The Morgan fingerprint density at radius 3 is 2.07 bits per heavy atom. The minimum atomic E-state index is -0.943. The number of halogens is 2. The van der Waals surface area contributed by atoms with Crippen molar-refractivity contribution in [2.24, 2.45) is 5.92 Å². The van der Waals surface area contributed by atoms with Crippen LogP contribution in [-0.2, 0) is 51.3 Å². The molecule has 1 aliphatic carbocycles. The quantitative estimate of drug-likeness (QED) is 0.226. The van der Waals surface area contributed by atoms with Gasteiger partial charge >= 0.3 is 18.6 Å². The molecule has 0 aromatic heterocycles. The minimum absolute atomic E-state index is 0. The number of allylic oxidation sites excluding steroid dienone is 1. The van der Waals surface area contributed by atoms with Gasteiger partial charge in [-0.25, -0.2) is 4.39 Å². The normalized spacial score (nSPS) is 17.3. The second-order valence-electron chi connectivity index (χ2n) is 6.41. The summed E-state index contributed by atoms with van der Waals surface area (Å²) < 4.78 is 32.9. The van der Waals surface area contributed by atoms with E-state index in [0.717, 1.165) is 12.8 Å². The zero-order valence-electron chi connectivity index (χ0n) is 17.2. The number of hydrogen-bond acceptors (Lipinski definition) is 1. The largest absolute Gasteiger partial charge is 2.00 e. The van der Waals surface area contributed by atoms with Crippen LogP contribution in [0.1, 0.15) is 38.6 Å². The van der Waals surface area contributed by atoms with Crippen LogP contribution in [-0.4, -0.2) is 7.11 Å². The summed E-state index contributed by atoms with van der Waals surface area (Å²) in [6.07, 6.45) is 6.71. The molecular formula is C23H31F2OPVY. The maximum Gasteiger partial charge on any atom is 2.00 e. The predicted molar refractivity (Wildman–Crippen MR) is 117 cm³/mol. The summed E-state index contributed by atoms with van der Waals surface area (Å²) in [5.41, 5.74) is 2.21. The van der Waals surface area contributed by atoms with Gasteiger partial charge in [0.15, 0.2) is 11.6 Å². The van der Waals surface area contributed by atoms with Crippen molar-refractivity contribution in [2.75, 3.05) is 7.11 Å². The van der Waals surface area contributed by atoms with Crippen molar-refractivity contribution in [3.63, 3.8) is 0 Å². The SMILES string of the molecule is C=CC1CCC(c2ccc(-c3ccc(OC)c(F)c3F)cc2)CC1.[CH2-]P.[CH3-].[HH].[V+2].[Y]. The topological polar surface area (TPSA) is 9.23 Å². The van der Waals surface area contributed by atoms with Crippen LogP contribution in [0.5, 0.6) is 5.75 Å². The van der Waals surface area contributed by atoms with Crippen LogP contribution in [0.2, 0.25) is 0 Å². The van der Waals surface area contributed by atoms with E-state index < -0.39 is 11.6 Å². The summed E-state index contributed by atoms with van der Waals surface area (Å²) in [4.78, 5) is 0. The van der Waals surface area contributed by atoms with Gasteiger partial charge < -0.3 is 28.1 Å². The molecular weight excluding hydrogens is 501 g/mol. The maximum atomic E-state index is 14.2. The monoisotopic (exact) mass is 532 g/mol. The van der Waals surface area contributed by atoms with Gasteiger partial charge in [0, 0.05) is 39.7 Å². The minimum Gasteiger partial charge on any atom is -0.494 e. The summed E-state index contributed by atoms with van der Waals surface area (Å²) >= 11 is 0. The van der Waals surface area contributed by atoms with Crippen molar-refractivity contribution < 1.29 is 66.2 Å². The average Bonchev–Trinajstić information content (AvgIpc) is 2.72. The molecule has 2 aromatic carbocycles. The van der Waals surface area contributed by atoms with E-state index in [-0.39, 0.29) is 71.4 Å². The van der Waals surface area contributed by atoms with E-state index in [4.69, 9.17) is 4.74 Å². The van der Waals surface area contributed by atoms with Crippen molar-refractivity contribution in [3.8, 4) is 16.9 Å². The summed E-state index contributed by atoms with van der Waals surface area (Å²) in [5.74, 6) is -0.702. The van der Waals surface area contributed by atoms with Gasteiger partial charge in [0.25, 0.3) is 0 Å². The van der Waals surface area contributed by atoms with Gasteiger partial charge in [-0.1, -0.05) is 30.3 Å². The predicted octanol–water partition coefficient (Wildman–Crippen LogP) is 7.44. The smallest absolute Gasteiger partial charge is 0.494 e. The first-order valence-corrected chi connectivity index (χ1v) is 9.61. The zero-order valence-corrected chi connectivity index (χ0v) is 22.6. The van der Waals surface area contributed by atoms with Crippen molar-refractivity contribution >= 4 is 9.24 Å². The zero-order chi connectivity index (χ0) is 19.1. The van der Waals surface area contributed by atoms with E-state index in [0.29, 0.717) is 17.4 Å². The third kappa shape index (κ3) is 7.86. The first-order chi connectivity index (χ1) is 12.6. The standard InChI is InChI=1S/C21H22F2O.CH4P.CH3.V.Y.H2/c1-3-14-4-6-15(7-5-14)16-8-10-17(11-9-16)18-12-13-19(24-2)21(23)20(18)22;1-2;;;;/h3,8-15H,1,4-7H2,2H3;1-2H2;1H3;;;1H/q;2*-1;+2;;. The van der Waals surface area contributed by atoms with Crippen LogP contribution in [0.15, 0.2) is 49.1 Å². The fourth-order valence-electron chi connectivity index (χ4n) is 3.54. The van der Waals surface area contributed by atoms with E-state index >= 15 is 0 Å². The van der Waals surface area contributed by atoms with Gasteiger partial charge in [-0.3, -0.25) is 0 Å². The Kier molecular flexibility index (Phi) is 16.9. The maximum absolute atomic E-state index is 14.2. The molecule has 1 unspecified atom stereocenters. The van der Waals surface area contributed by atoms with E-state index in [1.54, 1.807) is 6.07 Å². The molecule has 2 aromatic rings. The average molecular weight is 532 g/mol. The fraction of sp³-hybridized carbons (Fsp3) is 0.304. The summed E-state index contributed by atoms with van der Waals surface area (Å²) in [7, 11) is 3.49. The Labute approximate surface area is 215 Å². The molecule has 156 valence electrons. The molecule has 0 bridgehead atoms. The van der Waals surface area contributed by atoms with Gasteiger partial charge in [0.2, 0.25) is 5.82 Å². The number of methoxy groups -OCH3 is 1. The Morgan fingerprint density at radius 2 is 1.59 bits per heavy atom. The van der Waals surface area contributed by atoms with Gasteiger partial charge in [0.05, 0.1) is 7.11 Å². The third-order valence-electron chi connectivity index (χ3n) is 5.07. The Balaban J connectivity index is -0.00000118. The number of benzene rings is 2. The molecule has 1 fully saturated rings. The fourth-order valence-corrected chi connectivity index (χ4v) is 3.54. The molecule has 1 aliphatic rings. The van der Waals surface area contributed by atoms with E-state index in [9.17, 15) is 8.78 Å². The van der Waals surface area contributed by atoms with Crippen molar-refractivity contribution in [2.45, 2.75) is 31.6 Å². The molecule has 0 aliphatic heterocycles. The molecule has 3 rings (SSSR count). The van der Waals surface area contributed by atoms with Crippen LogP contribution >= 0.6 is 9.24 Å². The van der Waals surface area contributed by atoms with Crippen LogP contribution in [0.25, 0.3) is 11.1 Å². The second-order valence-corrected chi connectivity index (χ2v) is 6.41. The number of ether oxygens (including phenoxy) is 1. The molecule has 29 heavy (non-hydrogen) atoms. The van der Waals surface area contributed by atoms with Crippen molar-refractivity contribution in [1.29, 1.82) is 0 Å². The van der Waals surface area contributed by atoms with Crippen molar-refractivity contribution in [3.05, 3.63) is 80.3 Å². The third-order valence-corrected chi connectivity index (χ3v) is 5.07. The summed E-state index contributed by atoms with van der Waals surface area (Å²) in [5, 5.41) is 0. The van der Waals surface area contributed by atoms with E-state index in [1.165, 1.54) is 31.6 Å². The van der Waals surface area contributed by atoms with Gasteiger partial charge in [0.1, 0.15) is 0 Å². The van der Waals surface area contributed by atoms with Gasteiger partial charge in [-0.15, -0.1) is 6.58 Å². The number of rotatable bonds is 4. The summed E-state index contributed by atoms with van der Waals surface area (Å²) in [6, 6.07) is 10.8. The molecule has 0 amide bonds. The molecule has 1 nitrogen and oxygen atoms in total. The molecule has 6 heteroatoms. The first kappa shape index (κ1) is 31.1. The second kappa shape index (κ2) is 15.7. The molecule has 0 heterocycles. The molecule has 0 spiro atoms. The van der Waals surface area contributed by atoms with E-state index in [2.05, 4.69) is 28.6 Å².